The van der Waals surface area contributed by atoms with Crippen molar-refractivity contribution in [2.45, 2.75) is 5.16 Å². The number of carbonyl (C=O) groups is 2. The van der Waals surface area contributed by atoms with E-state index in [1.807, 2.05) is 12.3 Å². The fourth-order valence-electron chi connectivity index (χ4n) is 2.61. The van der Waals surface area contributed by atoms with E-state index in [0.717, 1.165) is 5.69 Å². The smallest absolute Gasteiger partial charge is 0.262 e. The van der Waals surface area contributed by atoms with Gasteiger partial charge in [0.2, 0.25) is 5.16 Å². The summed E-state index contributed by atoms with van der Waals surface area (Å²) in [6.07, 6.45) is 1.88. The number of hydrogen-bond donors (Lipinski definition) is 2. The van der Waals surface area contributed by atoms with E-state index in [-0.39, 0.29) is 18.4 Å². The van der Waals surface area contributed by atoms with Gasteiger partial charge in [0.25, 0.3) is 11.8 Å². The molecular formula is C17H14N6O3S. The highest BCUT2D eigenvalue weighted by molar-refractivity contribution is 7.98. The second kappa shape index (κ2) is 7.08. The van der Waals surface area contributed by atoms with Gasteiger partial charge in [-0.2, -0.15) is 4.68 Å². The highest BCUT2D eigenvalue weighted by Crippen LogP contribution is 2.29. The maximum Gasteiger partial charge on any atom is 0.262 e. The predicted molar refractivity (Wildman–Crippen MR) is 99.5 cm³/mol. The van der Waals surface area contributed by atoms with Gasteiger partial charge in [-0.05, 0) is 53.1 Å². The number of nitrogens with one attached hydrogen (secondary N) is 2. The summed E-state index contributed by atoms with van der Waals surface area (Å²) >= 11 is 1.42. The minimum absolute atomic E-state index is 0.0273. The lowest BCUT2D eigenvalue weighted by molar-refractivity contribution is -0.118. The first-order chi connectivity index (χ1) is 13.1. The Kier molecular flexibility index (Phi) is 4.47. The van der Waals surface area contributed by atoms with E-state index < -0.39 is 0 Å². The topological polar surface area (TPSA) is 111 Å². The van der Waals surface area contributed by atoms with Crippen LogP contribution in [0.5, 0.6) is 5.75 Å². The zero-order chi connectivity index (χ0) is 18.8. The van der Waals surface area contributed by atoms with Gasteiger partial charge in [0.05, 0.1) is 11.4 Å². The van der Waals surface area contributed by atoms with Crippen LogP contribution < -0.4 is 15.4 Å². The Morgan fingerprint density at radius 3 is 3.04 bits per heavy atom. The van der Waals surface area contributed by atoms with Crippen molar-refractivity contribution in [1.29, 1.82) is 0 Å². The monoisotopic (exact) mass is 382 g/mol. The highest BCUT2D eigenvalue weighted by atomic mass is 32.2. The van der Waals surface area contributed by atoms with Gasteiger partial charge in [0.1, 0.15) is 5.75 Å². The molecule has 0 bridgehead atoms. The van der Waals surface area contributed by atoms with Gasteiger partial charge in [0, 0.05) is 11.3 Å². The van der Waals surface area contributed by atoms with Gasteiger partial charge in [-0.1, -0.05) is 17.8 Å². The summed E-state index contributed by atoms with van der Waals surface area (Å²) in [7, 11) is 0. The van der Waals surface area contributed by atoms with Crippen molar-refractivity contribution >= 4 is 35.0 Å². The summed E-state index contributed by atoms with van der Waals surface area (Å²) in [4.78, 5) is 24.0. The fourth-order valence-corrected chi connectivity index (χ4v) is 3.04. The average molecular weight is 382 g/mol. The number of fused-ring (bicyclic) bond motifs is 1. The number of nitrogens with zero attached hydrogens (tertiary/aromatic N) is 4. The van der Waals surface area contributed by atoms with Gasteiger partial charge < -0.3 is 15.4 Å². The van der Waals surface area contributed by atoms with Crippen molar-refractivity contribution in [2.75, 3.05) is 23.5 Å². The number of carbonyl (C=O) groups excluding carboxylic acids is 2. The third kappa shape index (κ3) is 3.47. The number of hydrogen-bond acceptors (Lipinski definition) is 7. The number of aromatic nitrogens is 4. The fraction of sp³-hybridized carbons (Fsp3) is 0.118. The summed E-state index contributed by atoms with van der Waals surface area (Å²) < 4.78 is 6.89. The number of benzene rings is 2. The van der Waals surface area contributed by atoms with Crippen LogP contribution in [0.1, 0.15) is 10.4 Å². The standard InChI is InChI=1S/C17H14N6O3S/c1-27-17-20-21-22-23(17)12-4-2-3-11(8-12)18-16(25)10-5-6-14-13(7-10)19-15(24)9-26-14/h2-8H,9H2,1H3,(H,18,25)(H,19,24). The number of thioether (sulfide) groups is 1. The van der Waals surface area contributed by atoms with Crippen LogP contribution in [0.15, 0.2) is 47.6 Å². The Balaban J connectivity index is 1.56. The van der Waals surface area contributed by atoms with Crippen LogP contribution in [-0.2, 0) is 4.79 Å². The van der Waals surface area contributed by atoms with Crippen molar-refractivity contribution in [3.63, 3.8) is 0 Å². The number of rotatable bonds is 4. The molecule has 0 aliphatic carbocycles. The number of amides is 2. The summed E-state index contributed by atoms with van der Waals surface area (Å²) in [6, 6.07) is 12.1. The third-order valence-corrected chi connectivity index (χ3v) is 4.47. The van der Waals surface area contributed by atoms with Crippen LogP contribution in [0.2, 0.25) is 0 Å². The molecule has 0 saturated heterocycles. The van der Waals surface area contributed by atoms with Crippen LogP contribution in [0.25, 0.3) is 5.69 Å². The molecule has 2 aromatic carbocycles. The van der Waals surface area contributed by atoms with E-state index >= 15 is 0 Å². The van der Waals surface area contributed by atoms with Crippen molar-refractivity contribution in [3.8, 4) is 11.4 Å². The molecule has 4 rings (SSSR count). The summed E-state index contributed by atoms with van der Waals surface area (Å²) in [6.45, 7) is -0.0273. The Morgan fingerprint density at radius 2 is 2.19 bits per heavy atom. The van der Waals surface area contributed by atoms with Crippen molar-refractivity contribution in [3.05, 3.63) is 48.0 Å². The summed E-state index contributed by atoms with van der Waals surface area (Å²) in [5.74, 6) is -0.0215. The molecule has 0 spiro atoms. The van der Waals surface area contributed by atoms with E-state index in [9.17, 15) is 9.59 Å². The molecule has 2 heterocycles. The SMILES string of the molecule is CSc1nnnn1-c1cccc(NC(=O)c2ccc3c(c2)NC(=O)CO3)c1. The first-order valence-electron chi connectivity index (χ1n) is 7.95. The van der Waals surface area contributed by atoms with Gasteiger partial charge in [-0.3, -0.25) is 9.59 Å². The molecule has 136 valence electrons. The lowest BCUT2D eigenvalue weighted by atomic mass is 10.1. The minimum atomic E-state index is -0.309. The highest BCUT2D eigenvalue weighted by Gasteiger charge is 2.18. The molecule has 0 radical (unpaired) electrons. The second-order valence-electron chi connectivity index (χ2n) is 5.63. The Hall–Kier alpha value is -3.40. The van der Waals surface area contributed by atoms with Crippen LogP contribution in [0, 0.1) is 0 Å². The maximum absolute atomic E-state index is 12.6. The number of tetrazole rings is 1. The zero-order valence-electron chi connectivity index (χ0n) is 14.2. The van der Waals surface area contributed by atoms with Crippen molar-refractivity contribution in [1.82, 2.24) is 20.2 Å². The zero-order valence-corrected chi connectivity index (χ0v) is 15.0. The lowest BCUT2D eigenvalue weighted by Crippen LogP contribution is -2.25. The molecule has 27 heavy (non-hydrogen) atoms. The molecule has 2 N–H and O–H groups in total. The summed E-state index contributed by atoms with van der Waals surface area (Å²) in [5.41, 5.74) is 2.20. The predicted octanol–water partition coefficient (Wildman–Crippen LogP) is 1.97. The van der Waals surface area contributed by atoms with Crippen LogP contribution in [-0.4, -0.2) is 44.9 Å². The Bertz CT molecular complexity index is 1040. The molecule has 2 amide bonds. The van der Waals surface area contributed by atoms with E-state index in [0.29, 0.717) is 27.8 Å². The largest absolute Gasteiger partial charge is 0.482 e. The third-order valence-electron chi connectivity index (χ3n) is 3.85. The maximum atomic E-state index is 12.6. The van der Waals surface area contributed by atoms with Gasteiger partial charge >= 0.3 is 0 Å². The molecule has 0 fully saturated rings. The molecule has 1 aliphatic rings. The van der Waals surface area contributed by atoms with E-state index in [4.69, 9.17) is 4.74 Å². The van der Waals surface area contributed by atoms with Crippen LogP contribution >= 0.6 is 11.8 Å². The normalized spacial score (nSPS) is 12.7. The van der Waals surface area contributed by atoms with Gasteiger partial charge in [0.15, 0.2) is 6.61 Å². The molecule has 1 aliphatic heterocycles. The number of ether oxygens (including phenoxy) is 1. The molecule has 9 nitrogen and oxygen atoms in total. The molecule has 0 saturated carbocycles. The van der Waals surface area contributed by atoms with Gasteiger partial charge in [-0.15, -0.1) is 5.10 Å². The molecule has 3 aromatic rings. The molecule has 0 atom stereocenters. The first-order valence-corrected chi connectivity index (χ1v) is 9.17. The second-order valence-corrected chi connectivity index (χ2v) is 6.40. The van der Waals surface area contributed by atoms with Crippen LogP contribution in [0.3, 0.4) is 0 Å². The lowest BCUT2D eigenvalue weighted by Gasteiger charge is -2.18. The minimum Gasteiger partial charge on any atom is -0.482 e. The Labute approximate surface area is 158 Å². The molecule has 10 heteroatoms. The van der Waals surface area contributed by atoms with E-state index in [1.165, 1.54) is 11.8 Å². The number of anilines is 2. The average Bonchev–Trinajstić information content (AvgIpc) is 3.16. The van der Waals surface area contributed by atoms with Crippen molar-refractivity contribution in [2.24, 2.45) is 0 Å². The molecule has 1 aromatic heterocycles. The van der Waals surface area contributed by atoms with E-state index in [2.05, 4.69) is 26.2 Å². The van der Waals surface area contributed by atoms with Crippen LogP contribution in [0.4, 0.5) is 11.4 Å². The van der Waals surface area contributed by atoms with Crippen molar-refractivity contribution < 1.29 is 14.3 Å². The first kappa shape index (κ1) is 17.0. The summed E-state index contributed by atoms with van der Waals surface area (Å²) in [5, 5.41) is 17.7. The quantitative estimate of drug-likeness (QED) is 0.664. The molecular weight excluding hydrogens is 368 g/mol. The van der Waals surface area contributed by atoms with Gasteiger partial charge in [-0.25, -0.2) is 0 Å². The Morgan fingerprint density at radius 1 is 1.30 bits per heavy atom. The van der Waals surface area contributed by atoms with E-state index in [1.54, 1.807) is 41.1 Å². The molecule has 0 unspecified atom stereocenters.